The van der Waals surface area contributed by atoms with E-state index in [1.54, 1.807) is 0 Å². The summed E-state index contributed by atoms with van der Waals surface area (Å²) in [5, 5.41) is 20.7. The Hall–Kier alpha value is -5.61. The molecule has 0 amide bonds. The number of phosphoric acid groups is 2. The molecule has 0 aliphatic rings. The summed E-state index contributed by atoms with van der Waals surface area (Å²) in [6.07, 6.45) is 111. The van der Waals surface area contributed by atoms with Crippen LogP contribution < -0.4 is 0 Å². The zero-order chi connectivity index (χ0) is 80.8. The Labute approximate surface area is 674 Å². The van der Waals surface area contributed by atoms with Crippen molar-refractivity contribution in [3.05, 3.63) is 194 Å². The predicted molar refractivity (Wildman–Crippen MR) is 463 cm³/mol. The third-order valence-electron chi connectivity index (χ3n) is 17.3. The maximum Gasteiger partial charge on any atom is 0.472 e. The minimum Gasteiger partial charge on any atom is -0.463 e. The molecule has 0 heterocycles. The largest absolute Gasteiger partial charge is 0.472 e. The molecule has 0 aromatic heterocycles. The van der Waals surface area contributed by atoms with Gasteiger partial charge in [-0.3, -0.25) is 32.5 Å². The Morgan fingerprint density at radius 1 is 0.261 bits per heavy atom. The number of unbranched alkanes of at least 4 members (excludes halogenated alkanes) is 24. The molecule has 630 valence electrons. The van der Waals surface area contributed by atoms with Gasteiger partial charge < -0.3 is 34.2 Å². The molecule has 16 nitrogen and oxygen atoms in total. The molecule has 0 spiro atoms. The molecular weight excluding hydrogens is 1430 g/mol. The maximum absolute atomic E-state index is 13.0. The summed E-state index contributed by atoms with van der Waals surface area (Å²) in [5.41, 5.74) is 0. The first-order chi connectivity index (χ1) is 54.2. The number of rotatable bonds is 79. The fraction of sp³-hybridized carbons (Fsp3) is 0.624. The monoisotopic (exact) mass is 1590 g/mol. The maximum atomic E-state index is 13.0. The van der Waals surface area contributed by atoms with E-state index in [-0.39, 0.29) is 19.3 Å². The fourth-order valence-corrected chi connectivity index (χ4v) is 12.5. The zero-order valence-electron chi connectivity index (χ0n) is 69.1. The second kappa shape index (κ2) is 83.8. The van der Waals surface area contributed by atoms with Gasteiger partial charge in [0.1, 0.15) is 25.4 Å². The molecule has 5 unspecified atom stereocenters. The Morgan fingerprint density at radius 2 is 0.495 bits per heavy atom. The van der Waals surface area contributed by atoms with Crippen molar-refractivity contribution in [2.75, 3.05) is 39.6 Å². The molecule has 5 atom stereocenters. The quantitative estimate of drug-likeness (QED) is 0.0146. The molecule has 0 aliphatic heterocycles. The number of ether oxygens (including phenoxy) is 3. The van der Waals surface area contributed by atoms with E-state index in [0.717, 1.165) is 161 Å². The van der Waals surface area contributed by atoms with Crippen LogP contribution in [0.4, 0.5) is 0 Å². The first kappa shape index (κ1) is 105. The fourth-order valence-electron chi connectivity index (χ4n) is 10.9. The van der Waals surface area contributed by atoms with E-state index in [9.17, 15) is 43.5 Å². The minimum absolute atomic E-state index is 0.0297. The van der Waals surface area contributed by atoms with Crippen LogP contribution in [-0.4, -0.2) is 95.9 Å². The van der Waals surface area contributed by atoms with Crippen molar-refractivity contribution in [2.45, 2.75) is 334 Å². The van der Waals surface area contributed by atoms with E-state index in [1.165, 1.54) is 89.9 Å². The normalized spacial score (nSPS) is 14.8. The van der Waals surface area contributed by atoms with Crippen LogP contribution in [0.5, 0.6) is 0 Å². The first-order valence-corrected chi connectivity index (χ1v) is 45.7. The molecule has 0 aromatic carbocycles. The van der Waals surface area contributed by atoms with Crippen LogP contribution in [0.1, 0.15) is 316 Å². The lowest BCUT2D eigenvalue weighted by atomic mass is 10.0. The third-order valence-corrected chi connectivity index (χ3v) is 19.2. The third kappa shape index (κ3) is 85.1. The predicted octanol–water partition coefficient (Wildman–Crippen LogP) is 25.9. The van der Waals surface area contributed by atoms with Gasteiger partial charge in [0.2, 0.25) is 0 Å². The molecule has 0 saturated carbocycles. The molecule has 0 aliphatic carbocycles. The van der Waals surface area contributed by atoms with E-state index >= 15 is 0 Å². The van der Waals surface area contributed by atoms with Crippen molar-refractivity contribution in [2.24, 2.45) is 0 Å². The Bertz CT molecular complexity index is 2800. The highest BCUT2D eigenvalue weighted by molar-refractivity contribution is 7.47. The highest BCUT2D eigenvalue weighted by Gasteiger charge is 2.29. The summed E-state index contributed by atoms with van der Waals surface area (Å²) in [6, 6.07) is 0. The lowest BCUT2D eigenvalue weighted by Gasteiger charge is -2.21. The second-order valence-corrected chi connectivity index (χ2v) is 30.8. The molecule has 0 radical (unpaired) electrons. The van der Waals surface area contributed by atoms with Gasteiger partial charge in [-0.25, -0.2) is 9.13 Å². The van der Waals surface area contributed by atoms with Crippen LogP contribution in [0.2, 0.25) is 0 Å². The summed E-state index contributed by atoms with van der Waals surface area (Å²) in [6.45, 7) is 2.32. The zero-order valence-corrected chi connectivity index (χ0v) is 70.8. The molecule has 4 N–H and O–H groups in total. The lowest BCUT2D eigenvalue weighted by Crippen LogP contribution is -2.29. The van der Waals surface area contributed by atoms with Crippen molar-refractivity contribution in [1.82, 2.24) is 0 Å². The molecule has 18 heteroatoms. The average molecular weight is 1590 g/mol. The van der Waals surface area contributed by atoms with Crippen LogP contribution in [0.3, 0.4) is 0 Å². The van der Waals surface area contributed by atoms with Gasteiger partial charge in [-0.05, 0) is 154 Å². The van der Waals surface area contributed by atoms with Gasteiger partial charge in [0, 0.05) is 19.3 Å². The van der Waals surface area contributed by atoms with Gasteiger partial charge >= 0.3 is 33.6 Å². The molecule has 111 heavy (non-hydrogen) atoms. The number of esters is 3. The van der Waals surface area contributed by atoms with Crippen LogP contribution in [0.15, 0.2) is 194 Å². The molecular formula is C93H152O16P2. The van der Waals surface area contributed by atoms with Crippen LogP contribution in [0, 0.1) is 0 Å². The summed E-state index contributed by atoms with van der Waals surface area (Å²) in [7, 11) is -9.84. The first-order valence-electron chi connectivity index (χ1n) is 42.7. The van der Waals surface area contributed by atoms with E-state index < -0.39 is 91.5 Å². The second-order valence-electron chi connectivity index (χ2n) is 27.9. The van der Waals surface area contributed by atoms with E-state index in [4.69, 9.17) is 32.3 Å². The Kier molecular flexibility index (Phi) is 79.6. The summed E-state index contributed by atoms with van der Waals surface area (Å²) in [4.78, 5) is 58.8. The van der Waals surface area contributed by atoms with Crippen molar-refractivity contribution in [3.8, 4) is 0 Å². The molecule has 0 saturated heterocycles. The minimum atomic E-state index is -4.97. The van der Waals surface area contributed by atoms with Gasteiger partial charge in [0.25, 0.3) is 0 Å². The van der Waals surface area contributed by atoms with Gasteiger partial charge in [0.15, 0.2) is 6.10 Å². The van der Waals surface area contributed by atoms with Crippen molar-refractivity contribution in [1.29, 1.82) is 0 Å². The molecule has 0 rings (SSSR count). The number of aliphatic hydroxyl groups is 2. The summed E-state index contributed by atoms with van der Waals surface area (Å²) < 4.78 is 61.2. The molecule has 0 fully saturated rings. The van der Waals surface area contributed by atoms with Crippen molar-refractivity contribution < 1.29 is 75.8 Å². The standard InChI is InChI=1S/C93H152O16P2/c1-4-7-10-13-16-19-22-25-28-31-34-36-38-39-40-41-42-43-44-45-46-47-49-51-53-55-58-61-64-67-70-73-76-79-91(96)103-82-88(94)83-105-110(99,100)106-84-89(95)85-107-111(101,102)108-87-90(109-93(98)81-78-75-72-69-66-63-60-57-52-33-30-27-24-21-18-15-12-9-6-3)86-104-92(97)80-77-74-71-68-65-62-59-56-54-50-48-37-35-32-29-26-23-20-17-14-11-8-5-2/h7,9-10,12,16-21,25-30,34-37,39-40,42-43,50,52,54,57,63,66,72,75,88-90,94-95H,4-6,8,11,13-15,22-24,31-33,38,41,44-49,51,53,55-56,58-62,64-65,67-71,73-74,76-87H2,1-3H3,(H,99,100)(H,101,102)/b10-7-,12-9-,19-16-,20-17-,21-18-,28-25-,29-26-,30-27-,36-34-,37-35-,40-39-,43-42-,54-50-,57-52-,66-63-,75-72-. The molecule has 0 aromatic rings. The SMILES string of the molecule is CC/C=C\C/C=C\C/C=C\C/C=C\C/C=C\C/C=C\CCCCCCCCCCCCCCCCC(=O)OCC(O)COP(=O)(O)OCC(O)COP(=O)(O)OCC(COC(=O)CCCCCCCCC/C=C\C/C=C\C/C=C\C/C=C\CCCCC)OC(=O)CC/C=C\C/C=C\C/C=C\C/C=C\C/C=C\C/C=C\CC. The number of hydrogen-bond acceptors (Lipinski definition) is 14. The number of phosphoric ester groups is 2. The number of carbonyl (C=O) groups is 3. The van der Waals surface area contributed by atoms with E-state index in [1.807, 2.05) is 18.2 Å². The smallest absolute Gasteiger partial charge is 0.463 e. The number of aliphatic hydroxyl groups excluding tert-OH is 2. The average Bonchev–Trinajstić information content (AvgIpc) is 0.900. The topological polar surface area (TPSA) is 231 Å². The van der Waals surface area contributed by atoms with Crippen LogP contribution in [-0.2, 0) is 55.8 Å². The van der Waals surface area contributed by atoms with Gasteiger partial charge in [-0.15, -0.1) is 0 Å². The summed E-state index contributed by atoms with van der Waals surface area (Å²) >= 11 is 0. The number of allylic oxidation sites excluding steroid dienone is 32. The van der Waals surface area contributed by atoms with Crippen molar-refractivity contribution >= 4 is 33.6 Å². The number of hydrogen-bond donors (Lipinski definition) is 4. The Morgan fingerprint density at radius 3 is 0.793 bits per heavy atom. The van der Waals surface area contributed by atoms with E-state index in [0.29, 0.717) is 25.7 Å². The van der Waals surface area contributed by atoms with Crippen LogP contribution in [0.25, 0.3) is 0 Å². The highest BCUT2D eigenvalue weighted by Crippen LogP contribution is 2.45. The van der Waals surface area contributed by atoms with E-state index in [2.05, 4.69) is 197 Å². The molecule has 0 bridgehead atoms. The van der Waals surface area contributed by atoms with Crippen molar-refractivity contribution in [3.63, 3.8) is 0 Å². The Balaban J connectivity index is 4.61. The van der Waals surface area contributed by atoms with Gasteiger partial charge in [-0.1, -0.05) is 337 Å². The highest BCUT2D eigenvalue weighted by atomic mass is 31.2. The van der Waals surface area contributed by atoms with Crippen LogP contribution >= 0.6 is 15.6 Å². The number of carbonyl (C=O) groups excluding carboxylic acids is 3. The van der Waals surface area contributed by atoms with Gasteiger partial charge in [-0.2, -0.15) is 0 Å². The lowest BCUT2D eigenvalue weighted by molar-refractivity contribution is -0.161. The summed E-state index contributed by atoms with van der Waals surface area (Å²) in [5.74, 6) is -1.69. The van der Waals surface area contributed by atoms with Gasteiger partial charge in [0.05, 0.1) is 26.4 Å².